The summed E-state index contributed by atoms with van der Waals surface area (Å²) in [7, 11) is 0. The minimum atomic E-state index is 0.0850. The maximum absolute atomic E-state index is 12.6. The van der Waals surface area contributed by atoms with Crippen LogP contribution in [0.4, 0.5) is 0 Å². The van der Waals surface area contributed by atoms with E-state index in [1.54, 1.807) is 0 Å². The molecule has 3 rings (SSSR count). The summed E-state index contributed by atoms with van der Waals surface area (Å²) in [6.07, 6.45) is 0. The number of hydrogen-bond donors (Lipinski definition) is 0. The van der Waals surface area contributed by atoms with Crippen molar-refractivity contribution < 1.29 is 4.79 Å². The van der Waals surface area contributed by atoms with Gasteiger partial charge in [0.05, 0.1) is 12.3 Å². The van der Waals surface area contributed by atoms with Gasteiger partial charge in [-0.2, -0.15) is 0 Å². The van der Waals surface area contributed by atoms with E-state index in [1.165, 1.54) is 22.9 Å². The summed E-state index contributed by atoms with van der Waals surface area (Å²) in [5.74, 6) is 1.30. The Kier molecular flexibility index (Phi) is 5.80. The minimum Gasteiger partial charge on any atom is -0.302 e. The van der Waals surface area contributed by atoms with E-state index in [9.17, 15) is 4.79 Å². The Morgan fingerprint density at radius 2 is 1.67 bits per heavy atom. The van der Waals surface area contributed by atoms with Crippen molar-refractivity contribution >= 4 is 17.5 Å². The molecule has 0 aliphatic heterocycles. The van der Waals surface area contributed by atoms with Gasteiger partial charge in [-0.1, -0.05) is 87.1 Å². The molecule has 0 bridgehead atoms. The van der Waals surface area contributed by atoms with Crippen molar-refractivity contribution in [1.82, 2.24) is 14.8 Å². The standard InChI is InChI=1S/C22H25N3OS/c1-16-23-24-21(25(16)14-17-8-6-5-7-9-17)27-15-20(26)18-10-12-19(13-11-18)22(2,3)4/h5-13H,14-15H2,1-4H3. The van der Waals surface area contributed by atoms with Crippen LogP contribution in [0.15, 0.2) is 59.8 Å². The summed E-state index contributed by atoms with van der Waals surface area (Å²) in [5.41, 5.74) is 3.24. The number of thioether (sulfide) groups is 1. The van der Waals surface area contributed by atoms with Crippen molar-refractivity contribution in [3.8, 4) is 0 Å². The van der Waals surface area contributed by atoms with Crippen molar-refractivity contribution in [1.29, 1.82) is 0 Å². The number of hydrogen-bond acceptors (Lipinski definition) is 4. The normalized spacial score (nSPS) is 11.6. The van der Waals surface area contributed by atoms with Crippen LogP contribution in [0, 0.1) is 6.92 Å². The van der Waals surface area contributed by atoms with Gasteiger partial charge in [-0.3, -0.25) is 4.79 Å². The van der Waals surface area contributed by atoms with Crippen LogP contribution in [0.1, 0.15) is 48.1 Å². The van der Waals surface area contributed by atoms with E-state index < -0.39 is 0 Å². The van der Waals surface area contributed by atoms with Gasteiger partial charge in [0, 0.05) is 5.56 Å². The minimum absolute atomic E-state index is 0.0850. The topological polar surface area (TPSA) is 47.8 Å². The Morgan fingerprint density at radius 3 is 2.30 bits per heavy atom. The zero-order valence-corrected chi connectivity index (χ0v) is 17.1. The molecular weight excluding hydrogens is 354 g/mol. The molecule has 0 saturated heterocycles. The van der Waals surface area contributed by atoms with Crippen LogP contribution >= 0.6 is 11.8 Å². The van der Waals surface area contributed by atoms with Crippen molar-refractivity contribution in [2.24, 2.45) is 0 Å². The lowest BCUT2D eigenvalue weighted by atomic mass is 9.86. The average Bonchev–Trinajstić information content (AvgIpc) is 3.00. The molecule has 0 N–H and O–H groups in total. The molecule has 3 aromatic rings. The number of carbonyl (C=O) groups is 1. The molecule has 27 heavy (non-hydrogen) atoms. The fourth-order valence-electron chi connectivity index (χ4n) is 2.79. The lowest BCUT2D eigenvalue weighted by Crippen LogP contribution is -2.11. The van der Waals surface area contributed by atoms with E-state index >= 15 is 0 Å². The summed E-state index contributed by atoms with van der Waals surface area (Å²) in [6.45, 7) is 9.15. The van der Waals surface area contributed by atoms with Crippen molar-refractivity contribution in [3.63, 3.8) is 0 Å². The van der Waals surface area contributed by atoms with Gasteiger partial charge in [0.25, 0.3) is 0 Å². The maximum atomic E-state index is 12.6. The Labute approximate surface area is 165 Å². The third kappa shape index (κ3) is 4.86. The number of carbonyl (C=O) groups excluding carboxylic acids is 1. The largest absolute Gasteiger partial charge is 0.302 e. The quantitative estimate of drug-likeness (QED) is 0.451. The van der Waals surface area contributed by atoms with Crippen LogP contribution in [0.5, 0.6) is 0 Å². The van der Waals surface area contributed by atoms with Gasteiger partial charge in [-0.25, -0.2) is 0 Å². The molecule has 5 heteroatoms. The smallest absolute Gasteiger partial charge is 0.191 e. The second-order valence-electron chi connectivity index (χ2n) is 7.64. The number of aryl methyl sites for hydroxylation is 1. The van der Waals surface area contributed by atoms with E-state index in [2.05, 4.69) is 47.7 Å². The first-order valence-electron chi connectivity index (χ1n) is 9.05. The van der Waals surface area contributed by atoms with Gasteiger partial charge in [-0.15, -0.1) is 10.2 Å². The molecule has 0 unspecified atom stereocenters. The third-order valence-corrected chi connectivity index (χ3v) is 5.46. The highest BCUT2D eigenvalue weighted by Crippen LogP contribution is 2.24. The summed E-state index contributed by atoms with van der Waals surface area (Å²) in [4.78, 5) is 12.6. The molecule has 4 nitrogen and oxygen atoms in total. The van der Waals surface area contributed by atoms with Crippen LogP contribution in [0.2, 0.25) is 0 Å². The fourth-order valence-corrected chi connectivity index (χ4v) is 3.66. The monoisotopic (exact) mass is 379 g/mol. The van der Waals surface area contributed by atoms with E-state index in [0.717, 1.165) is 16.5 Å². The number of ketones is 1. The summed E-state index contributed by atoms with van der Waals surface area (Å²) in [6, 6.07) is 18.1. The maximum Gasteiger partial charge on any atom is 0.191 e. The number of benzene rings is 2. The van der Waals surface area contributed by atoms with Crippen LogP contribution in [-0.4, -0.2) is 26.3 Å². The summed E-state index contributed by atoms with van der Waals surface area (Å²) >= 11 is 1.44. The van der Waals surface area contributed by atoms with Gasteiger partial charge < -0.3 is 4.57 Å². The van der Waals surface area contributed by atoms with Crippen LogP contribution in [-0.2, 0) is 12.0 Å². The molecule has 0 amide bonds. The molecule has 0 fully saturated rings. The number of nitrogens with zero attached hydrogens (tertiary/aromatic N) is 3. The molecule has 0 radical (unpaired) electrons. The molecule has 0 aliphatic rings. The lowest BCUT2D eigenvalue weighted by Gasteiger charge is -2.18. The van der Waals surface area contributed by atoms with Crippen LogP contribution in [0.3, 0.4) is 0 Å². The Morgan fingerprint density at radius 1 is 1.00 bits per heavy atom. The van der Waals surface area contributed by atoms with Crippen LogP contribution in [0.25, 0.3) is 0 Å². The molecule has 0 atom stereocenters. The Hall–Kier alpha value is -2.40. The van der Waals surface area contributed by atoms with Crippen molar-refractivity contribution in [2.45, 2.75) is 44.8 Å². The number of Topliss-reactive ketones (excluding diaryl/α,β-unsaturated/α-hetero) is 1. The number of aromatic nitrogens is 3. The van der Waals surface area contributed by atoms with E-state index in [0.29, 0.717) is 12.3 Å². The molecule has 0 saturated carbocycles. The van der Waals surface area contributed by atoms with Crippen LogP contribution < -0.4 is 0 Å². The zero-order valence-electron chi connectivity index (χ0n) is 16.3. The zero-order chi connectivity index (χ0) is 19.4. The Balaban J connectivity index is 1.67. The van der Waals surface area contributed by atoms with Crippen molar-refractivity contribution in [3.05, 3.63) is 77.1 Å². The second kappa shape index (κ2) is 8.09. The van der Waals surface area contributed by atoms with Crippen molar-refractivity contribution in [2.75, 3.05) is 5.75 Å². The van der Waals surface area contributed by atoms with E-state index in [-0.39, 0.29) is 11.2 Å². The first-order chi connectivity index (χ1) is 12.8. The fraction of sp³-hybridized carbons (Fsp3) is 0.318. The lowest BCUT2D eigenvalue weighted by molar-refractivity contribution is 0.102. The average molecular weight is 380 g/mol. The van der Waals surface area contributed by atoms with Gasteiger partial charge in [0.1, 0.15) is 5.82 Å². The Bertz CT molecular complexity index is 909. The second-order valence-corrected chi connectivity index (χ2v) is 8.58. The molecular formula is C22H25N3OS. The molecule has 1 aromatic heterocycles. The molecule has 1 heterocycles. The predicted octanol–water partition coefficient (Wildman–Crippen LogP) is 4.91. The van der Waals surface area contributed by atoms with Gasteiger partial charge in [0.2, 0.25) is 0 Å². The molecule has 2 aromatic carbocycles. The molecule has 0 aliphatic carbocycles. The highest BCUT2D eigenvalue weighted by atomic mass is 32.2. The third-order valence-electron chi connectivity index (χ3n) is 4.49. The highest BCUT2D eigenvalue weighted by Gasteiger charge is 2.16. The number of rotatable bonds is 6. The first-order valence-corrected chi connectivity index (χ1v) is 10.0. The summed E-state index contributed by atoms with van der Waals surface area (Å²) in [5, 5.41) is 9.20. The summed E-state index contributed by atoms with van der Waals surface area (Å²) < 4.78 is 2.05. The SMILES string of the molecule is Cc1nnc(SCC(=O)c2ccc(C(C)(C)C)cc2)n1Cc1ccccc1. The molecule has 0 spiro atoms. The highest BCUT2D eigenvalue weighted by molar-refractivity contribution is 7.99. The van der Waals surface area contributed by atoms with E-state index in [1.807, 2.05) is 49.4 Å². The first kappa shape index (κ1) is 19.4. The van der Waals surface area contributed by atoms with Gasteiger partial charge >= 0.3 is 0 Å². The van der Waals surface area contributed by atoms with Gasteiger partial charge in [-0.05, 0) is 23.5 Å². The van der Waals surface area contributed by atoms with E-state index in [4.69, 9.17) is 0 Å². The van der Waals surface area contributed by atoms with Gasteiger partial charge in [0.15, 0.2) is 10.9 Å². The molecule has 140 valence electrons. The predicted molar refractivity (Wildman–Crippen MR) is 110 cm³/mol.